The van der Waals surface area contributed by atoms with E-state index in [0.717, 1.165) is 43.0 Å². The number of amides is 1. The van der Waals surface area contributed by atoms with Gasteiger partial charge in [0.15, 0.2) is 6.10 Å². The van der Waals surface area contributed by atoms with Gasteiger partial charge in [-0.1, -0.05) is 6.07 Å². The van der Waals surface area contributed by atoms with Crippen molar-refractivity contribution in [3.05, 3.63) is 53.0 Å². The molecule has 4 rings (SSSR count). The first-order valence-electron chi connectivity index (χ1n) is 9.24. The Balaban J connectivity index is 1.44. The van der Waals surface area contributed by atoms with Crippen LogP contribution in [0.3, 0.4) is 0 Å². The molecule has 1 aromatic carbocycles. The first-order chi connectivity index (χ1) is 12.1. The summed E-state index contributed by atoms with van der Waals surface area (Å²) in [5.41, 5.74) is 2.78. The van der Waals surface area contributed by atoms with Crippen molar-refractivity contribution in [3.63, 3.8) is 0 Å². The number of carbonyl (C=O) groups excluding carboxylic acids is 1. The SMILES string of the molecule is Cc1ccc(CN(C(=O)[C@H](C)Oc2ccc3c(c2)CCC3)C2CC2)o1. The Hall–Kier alpha value is -2.23. The summed E-state index contributed by atoms with van der Waals surface area (Å²) in [5, 5.41) is 0. The van der Waals surface area contributed by atoms with E-state index in [1.807, 2.05) is 36.9 Å². The third-order valence-corrected chi connectivity index (χ3v) is 5.12. The van der Waals surface area contributed by atoms with E-state index >= 15 is 0 Å². The van der Waals surface area contributed by atoms with Crippen LogP contribution in [0.25, 0.3) is 0 Å². The third-order valence-electron chi connectivity index (χ3n) is 5.12. The molecule has 0 radical (unpaired) electrons. The van der Waals surface area contributed by atoms with E-state index in [-0.39, 0.29) is 5.91 Å². The lowest BCUT2D eigenvalue weighted by Gasteiger charge is -2.25. The zero-order valence-electron chi connectivity index (χ0n) is 15.0. The van der Waals surface area contributed by atoms with E-state index in [1.165, 1.54) is 17.5 Å². The molecule has 0 aliphatic heterocycles. The van der Waals surface area contributed by atoms with Gasteiger partial charge in [0, 0.05) is 6.04 Å². The van der Waals surface area contributed by atoms with E-state index in [4.69, 9.17) is 9.15 Å². The second-order valence-corrected chi connectivity index (χ2v) is 7.25. The highest BCUT2D eigenvalue weighted by Crippen LogP contribution is 2.31. The first-order valence-corrected chi connectivity index (χ1v) is 9.24. The average molecular weight is 339 g/mol. The fourth-order valence-corrected chi connectivity index (χ4v) is 3.62. The molecule has 0 saturated heterocycles. The van der Waals surface area contributed by atoms with E-state index in [0.29, 0.717) is 12.6 Å². The van der Waals surface area contributed by atoms with Crippen LogP contribution >= 0.6 is 0 Å². The van der Waals surface area contributed by atoms with Crippen LogP contribution in [0.2, 0.25) is 0 Å². The Morgan fingerprint density at radius 3 is 2.76 bits per heavy atom. The molecule has 2 aliphatic carbocycles. The summed E-state index contributed by atoms with van der Waals surface area (Å²) in [6, 6.07) is 10.4. The Morgan fingerprint density at radius 1 is 1.24 bits per heavy atom. The van der Waals surface area contributed by atoms with Gasteiger partial charge in [0.05, 0.1) is 6.54 Å². The van der Waals surface area contributed by atoms with E-state index in [2.05, 4.69) is 12.1 Å². The van der Waals surface area contributed by atoms with Crippen molar-refractivity contribution in [1.82, 2.24) is 4.90 Å². The minimum Gasteiger partial charge on any atom is -0.481 e. The normalized spacial score (nSPS) is 17.2. The van der Waals surface area contributed by atoms with Crippen LogP contribution < -0.4 is 4.74 Å². The second kappa shape index (κ2) is 6.58. The average Bonchev–Trinajstić information content (AvgIpc) is 3.19. The summed E-state index contributed by atoms with van der Waals surface area (Å²) in [4.78, 5) is 14.8. The number of fused-ring (bicyclic) bond motifs is 1. The zero-order chi connectivity index (χ0) is 17.4. The van der Waals surface area contributed by atoms with Gasteiger partial charge in [-0.05, 0) is 81.3 Å². The van der Waals surface area contributed by atoms with Crippen LogP contribution in [-0.4, -0.2) is 23.0 Å². The summed E-state index contributed by atoms with van der Waals surface area (Å²) in [6.07, 6.45) is 5.12. The Kier molecular flexibility index (Phi) is 4.28. The molecule has 1 amide bonds. The van der Waals surface area contributed by atoms with Crippen LogP contribution in [0.1, 0.15) is 48.8 Å². The highest BCUT2D eigenvalue weighted by molar-refractivity contribution is 5.81. The van der Waals surface area contributed by atoms with Gasteiger partial charge in [-0.25, -0.2) is 0 Å². The van der Waals surface area contributed by atoms with Crippen LogP contribution in [0.15, 0.2) is 34.7 Å². The van der Waals surface area contributed by atoms with Crippen molar-refractivity contribution in [2.24, 2.45) is 0 Å². The number of carbonyl (C=O) groups is 1. The van der Waals surface area contributed by atoms with Gasteiger partial charge in [-0.2, -0.15) is 0 Å². The fourth-order valence-electron chi connectivity index (χ4n) is 3.62. The fraction of sp³-hybridized carbons (Fsp3) is 0.476. The number of hydrogen-bond acceptors (Lipinski definition) is 3. The summed E-state index contributed by atoms with van der Waals surface area (Å²) in [6.45, 7) is 4.29. The molecule has 4 heteroatoms. The molecule has 4 nitrogen and oxygen atoms in total. The largest absolute Gasteiger partial charge is 0.481 e. The molecule has 0 bridgehead atoms. The first kappa shape index (κ1) is 16.2. The van der Waals surface area contributed by atoms with Crippen molar-refractivity contribution in [2.45, 2.75) is 64.6 Å². The highest BCUT2D eigenvalue weighted by atomic mass is 16.5. The minimum atomic E-state index is -0.490. The number of nitrogens with zero attached hydrogens (tertiary/aromatic N) is 1. The van der Waals surface area contributed by atoms with Gasteiger partial charge >= 0.3 is 0 Å². The monoisotopic (exact) mass is 339 g/mol. The standard InChI is InChI=1S/C21H25NO3/c1-14-6-10-20(24-14)13-22(18-8-9-18)21(23)15(2)25-19-11-7-16-4-3-5-17(16)12-19/h6-7,10-12,15,18H,3-5,8-9,13H2,1-2H3/t15-/m0/s1. The maximum Gasteiger partial charge on any atom is 0.264 e. The van der Waals surface area contributed by atoms with Crippen LogP contribution in [0.4, 0.5) is 0 Å². The topological polar surface area (TPSA) is 42.7 Å². The van der Waals surface area contributed by atoms with Gasteiger partial charge in [0.2, 0.25) is 0 Å². The molecular weight excluding hydrogens is 314 g/mol. The molecule has 2 aliphatic rings. The smallest absolute Gasteiger partial charge is 0.264 e. The third kappa shape index (κ3) is 3.58. The highest BCUT2D eigenvalue weighted by Gasteiger charge is 2.36. The molecular formula is C21H25NO3. The molecule has 0 N–H and O–H groups in total. The lowest BCUT2D eigenvalue weighted by atomic mass is 10.1. The van der Waals surface area contributed by atoms with Crippen molar-refractivity contribution in [3.8, 4) is 5.75 Å². The van der Waals surface area contributed by atoms with Crippen molar-refractivity contribution in [2.75, 3.05) is 0 Å². The molecule has 1 fully saturated rings. The number of aryl methyl sites for hydroxylation is 3. The predicted molar refractivity (Wildman–Crippen MR) is 95.6 cm³/mol. The summed E-state index contributed by atoms with van der Waals surface area (Å²) >= 11 is 0. The van der Waals surface area contributed by atoms with Crippen molar-refractivity contribution >= 4 is 5.91 Å². The predicted octanol–water partition coefficient (Wildman–Crippen LogP) is 4.04. The van der Waals surface area contributed by atoms with E-state index in [1.54, 1.807) is 0 Å². The maximum atomic E-state index is 12.9. The molecule has 1 heterocycles. The van der Waals surface area contributed by atoms with Gasteiger partial charge in [-0.3, -0.25) is 4.79 Å². The molecule has 1 aromatic heterocycles. The Labute approximate surface area is 148 Å². The number of furan rings is 1. The zero-order valence-corrected chi connectivity index (χ0v) is 15.0. The number of hydrogen-bond donors (Lipinski definition) is 0. The Morgan fingerprint density at radius 2 is 2.04 bits per heavy atom. The van der Waals surface area contributed by atoms with E-state index in [9.17, 15) is 4.79 Å². The van der Waals surface area contributed by atoms with Crippen molar-refractivity contribution < 1.29 is 13.9 Å². The van der Waals surface area contributed by atoms with Crippen LogP contribution in [0, 0.1) is 6.92 Å². The second-order valence-electron chi connectivity index (χ2n) is 7.25. The number of benzene rings is 1. The van der Waals surface area contributed by atoms with Crippen LogP contribution in [-0.2, 0) is 24.2 Å². The maximum absolute atomic E-state index is 12.9. The molecule has 0 spiro atoms. The number of rotatable bonds is 6. The molecule has 1 saturated carbocycles. The minimum absolute atomic E-state index is 0.0389. The number of ether oxygens (including phenoxy) is 1. The van der Waals surface area contributed by atoms with E-state index < -0.39 is 6.10 Å². The molecule has 0 unspecified atom stereocenters. The quantitative estimate of drug-likeness (QED) is 0.798. The van der Waals surface area contributed by atoms with Crippen LogP contribution in [0.5, 0.6) is 5.75 Å². The molecule has 25 heavy (non-hydrogen) atoms. The summed E-state index contributed by atoms with van der Waals surface area (Å²) in [7, 11) is 0. The lowest BCUT2D eigenvalue weighted by molar-refractivity contribution is -0.139. The molecule has 132 valence electrons. The molecule has 2 aromatic rings. The van der Waals surface area contributed by atoms with Gasteiger partial charge in [-0.15, -0.1) is 0 Å². The summed E-state index contributed by atoms with van der Waals surface area (Å²) < 4.78 is 11.6. The lowest BCUT2D eigenvalue weighted by Crippen LogP contribution is -2.41. The Bertz CT molecular complexity index is 775. The molecule has 1 atom stereocenters. The van der Waals surface area contributed by atoms with Gasteiger partial charge < -0.3 is 14.1 Å². The van der Waals surface area contributed by atoms with Gasteiger partial charge in [0.1, 0.15) is 17.3 Å². The van der Waals surface area contributed by atoms with Crippen molar-refractivity contribution in [1.29, 1.82) is 0 Å². The summed E-state index contributed by atoms with van der Waals surface area (Å²) in [5.74, 6) is 2.55. The van der Waals surface area contributed by atoms with Gasteiger partial charge in [0.25, 0.3) is 5.91 Å².